The number of aryl methyl sites for hydroxylation is 1. The zero-order valence-electron chi connectivity index (χ0n) is 19.5. The Labute approximate surface area is 204 Å². The Hall–Kier alpha value is -2.70. The van der Waals surface area contributed by atoms with Gasteiger partial charge in [-0.1, -0.05) is 11.6 Å². The molecule has 3 aromatic rings. The zero-order chi connectivity index (χ0) is 23.7. The van der Waals surface area contributed by atoms with Crippen LogP contribution in [-0.4, -0.2) is 52.2 Å². The van der Waals surface area contributed by atoms with Crippen molar-refractivity contribution in [2.24, 2.45) is 5.92 Å². The third-order valence-electron chi connectivity index (χ3n) is 7.23. The quantitative estimate of drug-likeness (QED) is 0.431. The first kappa shape index (κ1) is 23.1. The van der Waals surface area contributed by atoms with E-state index >= 15 is 0 Å². The predicted octanol–water partition coefficient (Wildman–Crippen LogP) is 5.30. The summed E-state index contributed by atoms with van der Waals surface area (Å²) in [6.45, 7) is 5.15. The molecule has 3 heterocycles. The van der Waals surface area contributed by atoms with Crippen molar-refractivity contribution in [1.29, 1.82) is 0 Å². The van der Waals surface area contributed by atoms with Gasteiger partial charge in [0.15, 0.2) is 5.78 Å². The highest BCUT2D eigenvalue weighted by Gasteiger charge is 2.25. The van der Waals surface area contributed by atoms with Crippen molar-refractivity contribution in [2.75, 3.05) is 19.7 Å². The number of carbonyl (C=O) groups is 2. The fraction of sp³-hybridized carbons (Fsp3) is 0.444. The van der Waals surface area contributed by atoms with Gasteiger partial charge in [-0.15, -0.1) is 0 Å². The highest BCUT2D eigenvalue weighted by Crippen LogP contribution is 2.26. The van der Waals surface area contributed by atoms with Crippen LogP contribution in [0.2, 0.25) is 5.02 Å². The number of piperidine rings is 1. The first-order valence-corrected chi connectivity index (χ1v) is 12.5. The summed E-state index contributed by atoms with van der Waals surface area (Å²) in [7, 11) is 0. The maximum Gasteiger partial charge on any atom is 0.253 e. The topological polar surface area (TPSA) is 64.4 Å². The Kier molecular flexibility index (Phi) is 6.70. The lowest BCUT2D eigenvalue weighted by Crippen LogP contribution is -2.39. The third kappa shape index (κ3) is 4.89. The maximum absolute atomic E-state index is 12.8. The minimum atomic E-state index is 0.0663. The summed E-state index contributed by atoms with van der Waals surface area (Å²) in [4.78, 5) is 27.4. The van der Waals surface area contributed by atoms with Gasteiger partial charge >= 0.3 is 0 Å². The molecule has 6 nitrogen and oxygen atoms in total. The lowest BCUT2D eigenvalue weighted by Gasteiger charge is -2.32. The lowest BCUT2D eigenvalue weighted by molar-refractivity contribution is -0.0542. The average molecular weight is 480 g/mol. The summed E-state index contributed by atoms with van der Waals surface area (Å²) in [5, 5.41) is 6.45. The van der Waals surface area contributed by atoms with Crippen LogP contribution in [-0.2, 0) is 11.3 Å². The summed E-state index contributed by atoms with van der Waals surface area (Å²) < 4.78 is 7.46. The molecular weight excluding hydrogens is 450 g/mol. The van der Waals surface area contributed by atoms with Crippen LogP contribution in [0.25, 0.3) is 10.9 Å². The highest BCUT2D eigenvalue weighted by molar-refractivity contribution is 6.30. The van der Waals surface area contributed by atoms with E-state index in [9.17, 15) is 9.59 Å². The molecule has 0 bridgehead atoms. The van der Waals surface area contributed by atoms with Gasteiger partial charge in [0.1, 0.15) is 0 Å². The molecule has 1 atom stereocenters. The molecule has 5 rings (SSSR count). The molecule has 1 amide bonds. The van der Waals surface area contributed by atoms with Crippen molar-refractivity contribution in [2.45, 2.75) is 51.7 Å². The Bertz CT molecular complexity index is 1190. The Morgan fingerprint density at radius 2 is 1.82 bits per heavy atom. The van der Waals surface area contributed by atoms with E-state index in [-0.39, 0.29) is 17.8 Å². The largest absolute Gasteiger partial charge is 0.378 e. The molecule has 2 aliphatic rings. The van der Waals surface area contributed by atoms with Crippen molar-refractivity contribution >= 4 is 34.2 Å². The molecule has 1 aromatic heterocycles. The summed E-state index contributed by atoms with van der Waals surface area (Å²) >= 11 is 5.94. The molecule has 0 spiro atoms. The summed E-state index contributed by atoms with van der Waals surface area (Å²) in [5.74, 6) is 0.712. The van der Waals surface area contributed by atoms with Gasteiger partial charge in [0.2, 0.25) is 0 Å². The number of carbonyl (C=O) groups excluding carboxylic acids is 2. The van der Waals surface area contributed by atoms with Gasteiger partial charge in [0.25, 0.3) is 5.91 Å². The number of amides is 1. The summed E-state index contributed by atoms with van der Waals surface area (Å²) in [6.07, 6.45) is 6.60. The number of rotatable bonds is 7. The molecule has 2 saturated heterocycles. The van der Waals surface area contributed by atoms with Crippen molar-refractivity contribution in [3.8, 4) is 0 Å². The van der Waals surface area contributed by atoms with E-state index in [0.717, 1.165) is 74.0 Å². The van der Waals surface area contributed by atoms with Crippen molar-refractivity contribution in [1.82, 2.24) is 14.7 Å². The maximum atomic E-state index is 12.8. The van der Waals surface area contributed by atoms with Gasteiger partial charge in [-0.2, -0.15) is 5.10 Å². The van der Waals surface area contributed by atoms with Gasteiger partial charge < -0.3 is 9.64 Å². The zero-order valence-corrected chi connectivity index (χ0v) is 20.3. The highest BCUT2D eigenvalue weighted by atomic mass is 35.5. The van der Waals surface area contributed by atoms with Gasteiger partial charge in [-0.25, -0.2) is 0 Å². The number of aromatic nitrogens is 2. The van der Waals surface area contributed by atoms with Crippen LogP contribution in [0.15, 0.2) is 42.6 Å². The number of nitrogens with zero attached hydrogens (tertiary/aromatic N) is 3. The van der Waals surface area contributed by atoms with Crippen molar-refractivity contribution in [3.63, 3.8) is 0 Å². The molecule has 34 heavy (non-hydrogen) atoms. The van der Waals surface area contributed by atoms with Gasteiger partial charge in [-0.3, -0.25) is 14.3 Å². The number of fused-ring (bicyclic) bond motifs is 1. The van der Waals surface area contributed by atoms with E-state index in [2.05, 4.69) is 6.20 Å². The lowest BCUT2D eigenvalue weighted by atomic mass is 9.96. The van der Waals surface area contributed by atoms with Crippen LogP contribution in [0.1, 0.15) is 58.4 Å². The molecule has 1 unspecified atom stereocenters. The Morgan fingerprint density at radius 3 is 2.50 bits per heavy atom. The summed E-state index contributed by atoms with van der Waals surface area (Å²) in [6, 6.07) is 11.0. The fourth-order valence-corrected chi connectivity index (χ4v) is 5.10. The van der Waals surface area contributed by atoms with Gasteiger partial charge in [-0.05, 0) is 80.5 Å². The predicted molar refractivity (Wildman–Crippen MR) is 132 cm³/mol. The molecular formula is C27H30ClN3O3. The van der Waals surface area contributed by atoms with Crippen molar-refractivity contribution < 1.29 is 14.3 Å². The van der Waals surface area contributed by atoms with Crippen LogP contribution in [0, 0.1) is 12.8 Å². The molecule has 7 heteroatoms. The molecule has 0 radical (unpaired) electrons. The minimum absolute atomic E-state index is 0.0663. The second-order valence-corrected chi connectivity index (χ2v) is 9.94. The fourth-order valence-electron chi connectivity index (χ4n) is 4.97. The Morgan fingerprint density at radius 1 is 1.09 bits per heavy atom. The number of hydrogen-bond donors (Lipinski definition) is 0. The van der Waals surface area contributed by atoms with Gasteiger partial charge in [0.05, 0.1) is 11.6 Å². The van der Waals surface area contributed by atoms with E-state index in [1.807, 2.05) is 28.6 Å². The van der Waals surface area contributed by atoms with E-state index in [1.165, 1.54) is 0 Å². The first-order valence-electron chi connectivity index (χ1n) is 12.1. The second-order valence-electron chi connectivity index (χ2n) is 9.51. The molecule has 2 aliphatic heterocycles. The van der Waals surface area contributed by atoms with E-state index < -0.39 is 0 Å². The summed E-state index contributed by atoms with van der Waals surface area (Å²) in [5.41, 5.74) is 3.40. The number of hydrogen-bond acceptors (Lipinski definition) is 4. The van der Waals surface area contributed by atoms with Crippen LogP contribution in [0.4, 0.5) is 0 Å². The second kappa shape index (κ2) is 9.88. The smallest absolute Gasteiger partial charge is 0.253 e. The molecule has 2 aromatic carbocycles. The SMILES string of the molecule is Cc1c(C(=O)CCC2CCO2)ccc2nn(CC3CCN(C(=O)c4ccc(Cl)cc4)CC3)cc12. The van der Waals surface area contributed by atoms with Gasteiger partial charge in [0, 0.05) is 60.4 Å². The first-order chi connectivity index (χ1) is 16.5. The number of ketones is 1. The molecule has 178 valence electrons. The van der Waals surface area contributed by atoms with Crippen LogP contribution < -0.4 is 0 Å². The van der Waals surface area contributed by atoms with E-state index in [4.69, 9.17) is 21.4 Å². The molecule has 2 fully saturated rings. The normalized spacial score (nSPS) is 18.8. The van der Waals surface area contributed by atoms with Crippen LogP contribution in [0.5, 0.6) is 0 Å². The molecule has 0 aliphatic carbocycles. The van der Waals surface area contributed by atoms with Crippen LogP contribution in [0.3, 0.4) is 0 Å². The number of benzene rings is 2. The number of halogens is 1. The number of ether oxygens (including phenoxy) is 1. The van der Waals surface area contributed by atoms with Crippen LogP contribution >= 0.6 is 11.6 Å². The number of Topliss-reactive ketones (excluding diaryl/α,β-unsaturated/α-hetero) is 1. The Balaban J connectivity index is 1.20. The minimum Gasteiger partial charge on any atom is -0.378 e. The molecule has 0 saturated carbocycles. The number of likely N-dealkylation sites (tertiary alicyclic amines) is 1. The van der Waals surface area contributed by atoms with Crippen molar-refractivity contribution in [3.05, 3.63) is 64.3 Å². The third-order valence-corrected chi connectivity index (χ3v) is 7.48. The van der Waals surface area contributed by atoms with E-state index in [0.29, 0.717) is 22.9 Å². The monoisotopic (exact) mass is 479 g/mol. The van der Waals surface area contributed by atoms with E-state index in [1.54, 1.807) is 24.3 Å². The average Bonchev–Trinajstić information content (AvgIpc) is 3.22. The standard InChI is InChI=1S/C27H30ClN3O3/c1-18-23(26(32)9-6-22-12-15-34-22)7-8-25-24(18)17-31(29-25)16-19-10-13-30(14-11-19)27(33)20-2-4-21(28)5-3-20/h2-5,7-8,17,19,22H,6,9-16H2,1H3. The molecule has 0 N–H and O–H groups in total.